The van der Waals surface area contributed by atoms with Crippen molar-refractivity contribution < 1.29 is 27.5 Å². The van der Waals surface area contributed by atoms with Crippen molar-refractivity contribution in [2.75, 3.05) is 33.3 Å². The highest BCUT2D eigenvalue weighted by Crippen LogP contribution is 2.29. The maximum Gasteiger partial charge on any atom is 0.435 e. The van der Waals surface area contributed by atoms with Crippen LogP contribution in [-0.4, -0.2) is 69.7 Å². The standard InChI is InChI=1S/C30H28F3N5O3/c1-36-12-13-37(28(39)20-38-11-9-27(35-38)30(31,32)33)14-15-41-26-8-7-22(24-6-3-10-34-19-24)18-25(26)17-21-4-2-5-23(16-21)29(36)40/h2-11,16,18-19H,12-15,17,20H2,1H3. The molecule has 5 rings (SSSR count). The lowest BCUT2D eigenvalue weighted by molar-refractivity contribution is -0.142. The number of rotatable bonds is 3. The Morgan fingerprint density at radius 2 is 1.80 bits per heavy atom. The van der Waals surface area contributed by atoms with Gasteiger partial charge in [-0.3, -0.25) is 19.3 Å². The maximum atomic E-state index is 13.2. The number of amides is 2. The van der Waals surface area contributed by atoms with Crippen LogP contribution >= 0.6 is 0 Å². The predicted octanol–water partition coefficient (Wildman–Crippen LogP) is 4.55. The van der Waals surface area contributed by atoms with Crippen LogP contribution in [-0.2, 0) is 23.9 Å². The van der Waals surface area contributed by atoms with Crippen LogP contribution < -0.4 is 4.74 Å². The summed E-state index contributed by atoms with van der Waals surface area (Å²) in [6.45, 7) is 0.344. The molecule has 8 nitrogen and oxygen atoms in total. The third kappa shape index (κ3) is 6.74. The molecule has 41 heavy (non-hydrogen) atoms. The second-order valence-electron chi connectivity index (χ2n) is 9.79. The molecule has 0 unspecified atom stereocenters. The minimum absolute atomic E-state index is 0.148. The van der Waals surface area contributed by atoms with E-state index in [4.69, 9.17) is 4.74 Å². The predicted molar refractivity (Wildman–Crippen MR) is 145 cm³/mol. The highest BCUT2D eigenvalue weighted by atomic mass is 19.4. The van der Waals surface area contributed by atoms with Crippen molar-refractivity contribution in [1.82, 2.24) is 24.6 Å². The fourth-order valence-corrected chi connectivity index (χ4v) is 4.66. The molecule has 2 aromatic heterocycles. The molecule has 212 valence electrons. The van der Waals surface area contributed by atoms with Gasteiger partial charge in [0.1, 0.15) is 18.9 Å². The van der Waals surface area contributed by atoms with Crippen molar-refractivity contribution in [1.29, 1.82) is 0 Å². The van der Waals surface area contributed by atoms with Gasteiger partial charge < -0.3 is 14.5 Å². The Morgan fingerprint density at radius 3 is 2.56 bits per heavy atom. The van der Waals surface area contributed by atoms with Crippen LogP contribution in [0.1, 0.15) is 27.2 Å². The smallest absolute Gasteiger partial charge is 0.435 e. The summed E-state index contributed by atoms with van der Waals surface area (Å²) in [5.41, 5.74) is 3.21. The number of hydrogen-bond acceptors (Lipinski definition) is 5. The van der Waals surface area contributed by atoms with Gasteiger partial charge in [0.25, 0.3) is 5.91 Å². The number of benzene rings is 2. The third-order valence-electron chi connectivity index (χ3n) is 6.88. The zero-order valence-electron chi connectivity index (χ0n) is 22.3. The molecule has 0 fully saturated rings. The van der Waals surface area contributed by atoms with E-state index in [0.717, 1.165) is 39.2 Å². The lowest BCUT2D eigenvalue weighted by Crippen LogP contribution is -2.42. The van der Waals surface area contributed by atoms with E-state index in [1.165, 1.54) is 9.80 Å². The summed E-state index contributed by atoms with van der Waals surface area (Å²) in [7, 11) is 1.65. The van der Waals surface area contributed by atoms with E-state index < -0.39 is 17.8 Å². The summed E-state index contributed by atoms with van der Waals surface area (Å²) in [6, 6.07) is 17.9. The molecule has 0 saturated carbocycles. The van der Waals surface area contributed by atoms with Gasteiger partial charge in [0.05, 0.1) is 6.54 Å². The van der Waals surface area contributed by atoms with Crippen molar-refractivity contribution in [3.05, 3.63) is 102 Å². The molecule has 1 aliphatic rings. The SMILES string of the molecule is CN1CCN(C(=O)Cn2ccc(C(F)(F)F)n2)CCOc2ccc(-c3cccnc3)cc2Cc2cccc(c2)C1=O. The molecule has 2 bridgehead atoms. The molecule has 3 heterocycles. The van der Waals surface area contributed by atoms with Crippen molar-refractivity contribution in [2.24, 2.45) is 0 Å². The Kier molecular flexibility index (Phi) is 8.04. The first-order valence-corrected chi connectivity index (χ1v) is 13.1. The molecule has 0 aliphatic carbocycles. The van der Waals surface area contributed by atoms with E-state index in [1.54, 1.807) is 25.5 Å². The molecular weight excluding hydrogens is 535 g/mol. The fraction of sp³-hybridized carbons (Fsp3) is 0.267. The Bertz CT molecular complexity index is 1540. The number of alkyl halides is 3. The lowest BCUT2D eigenvalue weighted by atomic mass is 9.98. The van der Waals surface area contributed by atoms with Crippen LogP contribution in [0.4, 0.5) is 13.2 Å². The molecule has 0 radical (unpaired) electrons. The number of fused-ring (bicyclic) bond motifs is 3. The number of ether oxygens (including phenoxy) is 1. The number of halogens is 3. The minimum Gasteiger partial charge on any atom is -0.491 e. The van der Waals surface area contributed by atoms with E-state index in [9.17, 15) is 22.8 Å². The molecule has 11 heteroatoms. The summed E-state index contributed by atoms with van der Waals surface area (Å²) >= 11 is 0. The van der Waals surface area contributed by atoms with E-state index in [2.05, 4.69) is 10.1 Å². The molecule has 1 aliphatic heterocycles. The average molecular weight is 564 g/mol. The zero-order valence-corrected chi connectivity index (χ0v) is 22.3. The van der Waals surface area contributed by atoms with Crippen molar-refractivity contribution in [3.8, 4) is 16.9 Å². The minimum atomic E-state index is -4.60. The van der Waals surface area contributed by atoms with Crippen LogP contribution in [0.2, 0.25) is 0 Å². The molecule has 0 N–H and O–H groups in total. The van der Waals surface area contributed by atoms with Crippen LogP contribution in [0.3, 0.4) is 0 Å². The average Bonchev–Trinajstić information content (AvgIpc) is 3.44. The van der Waals surface area contributed by atoms with Crippen molar-refractivity contribution in [2.45, 2.75) is 19.1 Å². The summed E-state index contributed by atoms with van der Waals surface area (Å²) < 4.78 is 46.1. The summed E-state index contributed by atoms with van der Waals surface area (Å²) in [4.78, 5) is 33.6. The quantitative estimate of drug-likeness (QED) is 0.366. The van der Waals surface area contributed by atoms with Crippen molar-refractivity contribution >= 4 is 11.8 Å². The summed E-state index contributed by atoms with van der Waals surface area (Å²) in [6.07, 6.45) is 0.525. The summed E-state index contributed by atoms with van der Waals surface area (Å²) in [5, 5.41) is 3.49. The number of carbonyl (C=O) groups is 2. The van der Waals surface area contributed by atoms with E-state index in [1.807, 2.05) is 48.5 Å². The number of aromatic nitrogens is 3. The first-order chi connectivity index (χ1) is 19.7. The van der Waals surface area contributed by atoms with Gasteiger partial charge in [-0.25, -0.2) is 0 Å². The topological polar surface area (TPSA) is 80.6 Å². The van der Waals surface area contributed by atoms with E-state index in [-0.39, 0.29) is 38.7 Å². The number of nitrogens with zero attached hydrogens (tertiary/aromatic N) is 5. The zero-order chi connectivity index (χ0) is 29.0. The largest absolute Gasteiger partial charge is 0.491 e. The highest BCUT2D eigenvalue weighted by molar-refractivity contribution is 5.94. The van der Waals surface area contributed by atoms with E-state index in [0.29, 0.717) is 17.7 Å². The van der Waals surface area contributed by atoms with Crippen LogP contribution in [0, 0.1) is 0 Å². The van der Waals surface area contributed by atoms with E-state index >= 15 is 0 Å². The van der Waals surface area contributed by atoms with Gasteiger partial charge in [0.2, 0.25) is 5.91 Å². The third-order valence-corrected chi connectivity index (χ3v) is 6.88. The molecule has 2 amide bonds. The molecule has 0 spiro atoms. The number of carbonyl (C=O) groups excluding carboxylic acids is 2. The Morgan fingerprint density at radius 1 is 0.976 bits per heavy atom. The van der Waals surface area contributed by atoms with Gasteiger partial charge in [0.15, 0.2) is 5.69 Å². The second kappa shape index (κ2) is 11.8. The molecule has 2 aromatic carbocycles. The van der Waals surface area contributed by atoms with Gasteiger partial charge in [-0.2, -0.15) is 18.3 Å². The first kappa shape index (κ1) is 27.9. The number of likely N-dealkylation sites (N-methyl/N-ethyl adjacent to an activating group) is 1. The van der Waals surface area contributed by atoms with Crippen LogP contribution in [0.25, 0.3) is 11.1 Å². The lowest BCUT2D eigenvalue weighted by Gasteiger charge is -2.27. The second-order valence-corrected chi connectivity index (χ2v) is 9.79. The Labute approximate surface area is 235 Å². The molecular formula is C30H28F3N5O3. The van der Waals surface area contributed by atoms with Gasteiger partial charge in [-0.15, -0.1) is 0 Å². The Hall–Kier alpha value is -4.67. The van der Waals surface area contributed by atoms with Gasteiger partial charge >= 0.3 is 6.18 Å². The summed E-state index contributed by atoms with van der Waals surface area (Å²) in [5.74, 6) is 0.00384. The first-order valence-electron chi connectivity index (χ1n) is 13.1. The monoisotopic (exact) mass is 563 g/mol. The van der Waals surface area contributed by atoms with Gasteiger partial charge in [-0.1, -0.05) is 24.3 Å². The van der Waals surface area contributed by atoms with Crippen LogP contribution in [0.15, 0.2) is 79.3 Å². The molecule has 4 aromatic rings. The van der Waals surface area contributed by atoms with Gasteiger partial charge in [0, 0.05) is 56.3 Å². The van der Waals surface area contributed by atoms with Gasteiger partial charge in [-0.05, 0) is 53.1 Å². The fourth-order valence-electron chi connectivity index (χ4n) is 4.66. The number of pyridine rings is 1. The number of hydrogen-bond donors (Lipinski definition) is 0. The van der Waals surface area contributed by atoms with Crippen molar-refractivity contribution in [3.63, 3.8) is 0 Å². The normalized spacial score (nSPS) is 14.7. The Balaban J connectivity index is 1.42. The molecule has 0 saturated heterocycles. The molecule has 0 atom stereocenters. The highest BCUT2D eigenvalue weighted by Gasteiger charge is 2.33. The maximum absolute atomic E-state index is 13.2. The van der Waals surface area contributed by atoms with Crippen LogP contribution in [0.5, 0.6) is 5.75 Å².